The van der Waals surface area contributed by atoms with Gasteiger partial charge in [0.2, 0.25) is 5.91 Å². The molecule has 176 valence electrons. The number of carbonyl (C=O) groups is 3. The van der Waals surface area contributed by atoms with Crippen molar-refractivity contribution < 1.29 is 32.6 Å². The van der Waals surface area contributed by atoms with Crippen LogP contribution in [-0.2, 0) is 15.9 Å². The van der Waals surface area contributed by atoms with Crippen LogP contribution in [0.25, 0.3) is 0 Å². The summed E-state index contributed by atoms with van der Waals surface area (Å²) in [6.45, 7) is 3.30. The van der Waals surface area contributed by atoms with Crippen LogP contribution in [0.3, 0.4) is 0 Å². The van der Waals surface area contributed by atoms with Crippen molar-refractivity contribution in [1.82, 2.24) is 9.88 Å². The second-order valence-corrected chi connectivity index (χ2v) is 8.42. The van der Waals surface area contributed by atoms with Crippen molar-refractivity contribution in [2.45, 2.75) is 26.3 Å². The third-order valence-electron chi connectivity index (χ3n) is 4.89. The van der Waals surface area contributed by atoms with Crippen LogP contribution in [-0.4, -0.2) is 55.8 Å². The van der Waals surface area contributed by atoms with Gasteiger partial charge >= 0.3 is 0 Å². The Morgan fingerprint density at radius 2 is 1.94 bits per heavy atom. The topological polar surface area (TPSA) is 138 Å². The molecule has 0 fully saturated rings. The molecule has 3 amide bonds. The maximum atomic E-state index is 13.4. The van der Waals surface area contributed by atoms with E-state index < -0.39 is 34.8 Å². The zero-order valence-corrected chi connectivity index (χ0v) is 19.6. The van der Waals surface area contributed by atoms with Gasteiger partial charge in [-0.1, -0.05) is 22.7 Å². The van der Waals surface area contributed by atoms with E-state index in [1.54, 1.807) is 13.0 Å². The van der Waals surface area contributed by atoms with Gasteiger partial charge in [-0.2, -0.15) is 0 Å². The van der Waals surface area contributed by atoms with E-state index in [0.29, 0.717) is 5.75 Å². The number of anilines is 1. The predicted octanol–water partition coefficient (Wildman–Crippen LogP) is 2.71. The molecule has 2 atom stereocenters. The first-order chi connectivity index (χ1) is 15.7. The molecule has 1 aromatic carbocycles. The summed E-state index contributed by atoms with van der Waals surface area (Å²) < 4.78 is 33.3. The van der Waals surface area contributed by atoms with Gasteiger partial charge in [0.1, 0.15) is 0 Å². The molecule has 1 N–H and O–H groups in total. The molecule has 12 heteroatoms. The highest BCUT2D eigenvalue weighted by Gasteiger charge is 2.44. The van der Waals surface area contributed by atoms with E-state index in [0.717, 1.165) is 4.90 Å². The molecule has 1 aliphatic heterocycles. The maximum absolute atomic E-state index is 13.4. The molecule has 0 spiro atoms. The summed E-state index contributed by atoms with van der Waals surface area (Å²) in [6.07, 6.45) is -0.112. The zero-order valence-electron chi connectivity index (χ0n) is 18.0. The standard InChI is InChI=1S/C21H22ClN3O7S/c1-4-32-19-16(31-3)8-7-13(24-19)15(9-10-33(29)30)25-20(27)17-12(22)5-6-14(23-11(2)26)18(17)21(25)28/h5-8,15H,4,9-10H2,1-3H3,(H,23,26)(H,29,30)/p-1. The maximum Gasteiger partial charge on any atom is 0.264 e. The number of pyridine rings is 1. The van der Waals surface area contributed by atoms with E-state index in [9.17, 15) is 23.1 Å². The Kier molecular flexibility index (Phi) is 7.67. The summed E-state index contributed by atoms with van der Waals surface area (Å²) in [5.41, 5.74) is 0.234. The highest BCUT2D eigenvalue weighted by atomic mass is 35.5. The molecule has 0 aliphatic carbocycles. The average Bonchev–Trinajstić information content (AvgIpc) is 3.02. The summed E-state index contributed by atoms with van der Waals surface area (Å²) >= 11 is 3.79. The molecule has 0 bridgehead atoms. The van der Waals surface area contributed by atoms with Crippen molar-refractivity contribution in [3.63, 3.8) is 0 Å². The lowest BCUT2D eigenvalue weighted by Gasteiger charge is -2.27. The van der Waals surface area contributed by atoms with Crippen molar-refractivity contribution >= 4 is 46.1 Å². The van der Waals surface area contributed by atoms with Gasteiger partial charge in [-0.15, -0.1) is 0 Å². The van der Waals surface area contributed by atoms with Crippen LogP contribution in [0, 0.1) is 0 Å². The SMILES string of the molecule is CCOc1nc(C(CCS(=O)[O-])N2C(=O)c3c(Cl)ccc(NC(C)=O)c3C2=O)ccc1OC. The number of hydrogen-bond donors (Lipinski definition) is 1. The van der Waals surface area contributed by atoms with Crippen molar-refractivity contribution in [2.75, 3.05) is 24.8 Å². The fourth-order valence-electron chi connectivity index (χ4n) is 3.56. The number of halogens is 1. The van der Waals surface area contributed by atoms with Crippen molar-refractivity contribution in [3.8, 4) is 11.6 Å². The average molecular weight is 495 g/mol. The summed E-state index contributed by atoms with van der Waals surface area (Å²) in [7, 11) is 1.44. The first-order valence-corrected chi connectivity index (χ1v) is 11.5. The van der Waals surface area contributed by atoms with Gasteiger partial charge in [0.15, 0.2) is 5.75 Å². The fourth-order valence-corrected chi connectivity index (χ4v) is 4.21. The van der Waals surface area contributed by atoms with Crippen molar-refractivity contribution in [2.24, 2.45) is 0 Å². The Morgan fingerprint density at radius 1 is 1.24 bits per heavy atom. The molecule has 2 heterocycles. The minimum Gasteiger partial charge on any atom is -0.772 e. The number of hydrogen-bond acceptors (Lipinski definition) is 8. The Balaban J connectivity index is 2.12. The number of aromatic nitrogens is 1. The van der Waals surface area contributed by atoms with Crippen LogP contribution in [0.5, 0.6) is 11.6 Å². The fraction of sp³-hybridized carbons (Fsp3) is 0.333. The summed E-state index contributed by atoms with van der Waals surface area (Å²) in [5.74, 6) is -1.73. The van der Waals surface area contributed by atoms with Crippen LogP contribution in [0.1, 0.15) is 52.7 Å². The van der Waals surface area contributed by atoms with E-state index in [1.165, 1.54) is 32.2 Å². The van der Waals surface area contributed by atoms with Crippen molar-refractivity contribution in [3.05, 3.63) is 46.1 Å². The first kappa shape index (κ1) is 24.6. The smallest absolute Gasteiger partial charge is 0.264 e. The van der Waals surface area contributed by atoms with Gasteiger partial charge in [0, 0.05) is 12.7 Å². The van der Waals surface area contributed by atoms with Gasteiger partial charge in [0.05, 0.1) is 47.3 Å². The Morgan fingerprint density at radius 3 is 2.55 bits per heavy atom. The highest BCUT2D eigenvalue weighted by molar-refractivity contribution is 7.79. The Labute approximate surface area is 197 Å². The van der Waals surface area contributed by atoms with E-state index in [4.69, 9.17) is 21.1 Å². The normalized spacial score (nSPS) is 14.6. The van der Waals surface area contributed by atoms with Gasteiger partial charge in [-0.25, -0.2) is 4.98 Å². The summed E-state index contributed by atoms with van der Waals surface area (Å²) in [6, 6.07) is 4.88. The summed E-state index contributed by atoms with van der Waals surface area (Å²) in [4.78, 5) is 43.6. The van der Waals surface area contributed by atoms with Crippen LogP contribution in [0.2, 0.25) is 5.02 Å². The first-order valence-electron chi connectivity index (χ1n) is 9.91. The number of methoxy groups -OCH3 is 1. The molecule has 0 saturated heterocycles. The highest BCUT2D eigenvalue weighted by Crippen LogP contribution is 2.40. The number of rotatable bonds is 9. The van der Waals surface area contributed by atoms with Crippen LogP contribution in [0.15, 0.2) is 24.3 Å². The number of fused-ring (bicyclic) bond motifs is 1. The number of amides is 3. The lowest BCUT2D eigenvalue weighted by molar-refractivity contribution is -0.114. The monoisotopic (exact) mass is 494 g/mol. The molecule has 1 aromatic heterocycles. The Bertz CT molecular complexity index is 1140. The molecule has 3 rings (SSSR count). The van der Waals surface area contributed by atoms with E-state index in [-0.39, 0.29) is 52.2 Å². The Hall–Kier alpha value is -3.02. The molecular weight excluding hydrogens is 474 g/mol. The van der Waals surface area contributed by atoms with Crippen LogP contribution in [0.4, 0.5) is 5.69 Å². The minimum absolute atomic E-state index is 0.0313. The third kappa shape index (κ3) is 5.00. The molecule has 33 heavy (non-hydrogen) atoms. The quantitative estimate of drug-likeness (QED) is 0.414. The van der Waals surface area contributed by atoms with E-state index >= 15 is 0 Å². The van der Waals surface area contributed by atoms with Crippen LogP contribution < -0.4 is 14.8 Å². The van der Waals surface area contributed by atoms with Gasteiger partial charge in [-0.3, -0.25) is 23.5 Å². The lowest BCUT2D eigenvalue weighted by Crippen LogP contribution is -2.35. The predicted molar refractivity (Wildman–Crippen MR) is 119 cm³/mol. The molecule has 0 radical (unpaired) electrons. The molecular formula is C21H21ClN3O7S-. The molecule has 2 unspecified atom stereocenters. The lowest BCUT2D eigenvalue weighted by atomic mass is 10.1. The molecule has 10 nitrogen and oxygen atoms in total. The number of benzene rings is 1. The van der Waals surface area contributed by atoms with Gasteiger partial charge in [0.25, 0.3) is 17.7 Å². The minimum atomic E-state index is -2.43. The zero-order chi connectivity index (χ0) is 24.3. The van der Waals surface area contributed by atoms with E-state index in [1.807, 2.05) is 0 Å². The second kappa shape index (κ2) is 10.3. The van der Waals surface area contributed by atoms with Crippen LogP contribution >= 0.6 is 11.6 Å². The number of nitrogens with one attached hydrogen (secondary N) is 1. The summed E-state index contributed by atoms with van der Waals surface area (Å²) in [5, 5.41) is 2.56. The van der Waals surface area contributed by atoms with Gasteiger partial charge < -0.3 is 19.3 Å². The van der Waals surface area contributed by atoms with Crippen molar-refractivity contribution in [1.29, 1.82) is 0 Å². The molecule has 0 saturated carbocycles. The molecule has 2 aromatic rings. The second-order valence-electron chi connectivity index (χ2n) is 7.00. The third-order valence-corrected chi connectivity index (χ3v) is 5.77. The number of ether oxygens (including phenoxy) is 2. The van der Waals surface area contributed by atoms with E-state index in [2.05, 4.69) is 10.3 Å². The van der Waals surface area contributed by atoms with Gasteiger partial charge in [-0.05, 0) is 37.6 Å². The number of nitrogens with zero attached hydrogens (tertiary/aromatic N) is 2. The number of carbonyl (C=O) groups excluding carboxylic acids is 3. The molecule has 1 aliphatic rings. The largest absolute Gasteiger partial charge is 0.772 e. The number of imide groups is 1.